The molecule has 33 heavy (non-hydrogen) atoms. The Kier molecular flexibility index (Phi) is 8.22. The quantitative estimate of drug-likeness (QED) is 0.233. The van der Waals surface area contributed by atoms with Crippen molar-refractivity contribution in [2.24, 2.45) is 5.16 Å². The zero-order chi connectivity index (χ0) is 23.8. The maximum atomic E-state index is 9.39. The molecule has 0 atom stereocenters. The maximum Gasteiger partial charge on any atom is 0.226 e. The average molecular weight is 465 g/mol. The zero-order valence-corrected chi connectivity index (χ0v) is 19.8. The van der Waals surface area contributed by atoms with Crippen LogP contribution in [0.3, 0.4) is 0 Å². The Bertz CT molecular complexity index is 1220. The standard InChI is InChI=1S/C25H25ClN4O3/c1-16-12-20(14-22(24(16)31-3)25(26)30-32-4)21(19-9-7-8-18(13-19)15-27)10-5-6-11-23-28-17(2)29-33-23/h7-10,12-14H,5-6,11H2,1-4H3/b21-10-,30-25?. The minimum Gasteiger partial charge on any atom is -0.496 e. The molecule has 170 valence electrons. The molecule has 0 amide bonds. The van der Waals surface area contributed by atoms with Crippen LogP contribution < -0.4 is 4.74 Å². The van der Waals surface area contributed by atoms with Gasteiger partial charge in [-0.15, -0.1) is 0 Å². The van der Waals surface area contributed by atoms with E-state index in [1.165, 1.54) is 7.11 Å². The highest BCUT2D eigenvalue weighted by Crippen LogP contribution is 2.33. The summed E-state index contributed by atoms with van der Waals surface area (Å²) < 4.78 is 10.8. The molecule has 0 aliphatic rings. The summed E-state index contributed by atoms with van der Waals surface area (Å²) in [7, 11) is 3.03. The Morgan fingerprint density at radius 3 is 2.70 bits per heavy atom. The molecule has 8 heteroatoms. The Hall–Kier alpha value is -3.63. The summed E-state index contributed by atoms with van der Waals surface area (Å²) in [5.41, 5.74) is 4.94. The second kappa shape index (κ2) is 11.3. The number of hydrogen-bond acceptors (Lipinski definition) is 7. The minimum absolute atomic E-state index is 0.191. The van der Waals surface area contributed by atoms with E-state index in [9.17, 15) is 5.26 Å². The topological polar surface area (TPSA) is 93.5 Å². The lowest BCUT2D eigenvalue weighted by atomic mass is 9.92. The van der Waals surface area contributed by atoms with Gasteiger partial charge < -0.3 is 14.1 Å². The highest BCUT2D eigenvalue weighted by molar-refractivity contribution is 6.69. The number of allylic oxidation sites excluding steroid dienone is 1. The number of hydrogen-bond donors (Lipinski definition) is 0. The number of nitriles is 1. The molecule has 0 spiro atoms. The highest BCUT2D eigenvalue weighted by Gasteiger charge is 2.16. The molecule has 0 aliphatic carbocycles. The molecular formula is C25H25ClN4O3. The number of halogens is 1. The number of oxime groups is 1. The summed E-state index contributed by atoms with van der Waals surface area (Å²) in [6.45, 7) is 3.75. The summed E-state index contributed by atoms with van der Waals surface area (Å²) in [6, 6.07) is 13.7. The lowest BCUT2D eigenvalue weighted by molar-refractivity contribution is 0.214. The Labute approximate surface area is 198 Å². The fourth-order valence-electron chi connectivity index (χ4n) is 3.58. The summed E-state index contributed by atoms with van der Waals surface area (Å²) in [5.74, 6) is 1.88. The number of aromatic nitrogens is 2. The lowest BCUT2D eigenvalue weighted by Gasteiger charge is -2.16. The first-order valence-corrected chi connectivity index (χ1v) is 10.8. The average Bonchev–Trinajstić information content (AvgIpc) is 3.23. The van der Waals surface area contributed by atoms with Crippen LogP contribution in [0, 0.1) is 25.2 Å². The third-order valence-corrected chi connectivity index (χ3v) is 5.27. The summed E-state index contributed by atoms with van der Waals surface area (Å²) in [6.07, 6.45) is 4.43. The molecular weight excluding hydrogens is 440 g/mol. The molecule has 0 radical (unpaired) electrons. The first-order valence-electron chi connectivity index (χ1n) is 10.4. The minimum atomic E-state index is 0.191. The molecule has 0 saturated carbocycles. The molecule has 1 heterocycles. The van der Waals surface area contributed by atoms with Crippen LogP contribution in [-0.2, 0) is 11.3 Å². The Balaban J connectivity index is 2.03. The summed E-state index contributed by atoms with van der Waals surface area (Å²) >= 11 is 6.39. The molecule has 0 saturated heterocycles. The predicted octanol–water partition coefficient (Wildman–Crippen LogP) is 5.57. The fraction of sp³-hybridized carbons (Fsp3) is 0.280. The summed E-state index contributed by atoms with van der Waals surface area (Å²) in [4.78, 5) is 9.12. The van der Waals surface area contributed by atoms with Gasteiger partial charge in [-0.3, -0.25) is 0 Å². The van der Waals surface area contributed by atoms with E-state index in [2.05, 4.69) is 27.4 Å². The SMILES string of the molecule is CON=C(Cl)c1cc(/C(=C\CCCc2nc(C)no2)c2cccc(C#N)c2)cc(C)c1OC. The fourth-order valence-corrected chi connectivity index (χ4v) is 3.79. The molecule has 2 aromatic carbocycles. The lowest BCUT2D eigenvalue weighted by Crippen LogP contribution is -2.02. The highest BCUT2D eigenvalue weighted by atomic mass is 35.5. The van der Waals surface area contributed by atoms with Crippen molar-refractivity contribution >= 4 is 22.3 Å². The van der Waals surface area contributed by atoms with Crippen molar-refractivity contribution in [3.63, 3.8) is 0 Å². The van der Waals surface area contributed by atoms with Crippen LogP contribution in [0.15, 0.2) is 52.2 Å². The van der Waals surface area contributed by atoms with Gasteiger partial charge in [-0.05, 0) is 73.2 Å². The van der Waals surface area contributed by atoms with Crippen molar-refractivity contribution < 1.29 is 14.1 Å². The van der Waals surface area contributed by atoms with Crippen molar-refractivity contribution in [2.75, 3.05) is 14.2 Å². The molecule has 0 fully saturated rings. The number of aryl methyl sites for hydroxylation is 3. The molecule has 3 aromatic rings. The van der Waals surface area contributed by atoms with Crippen LogP contribution in [0.1, 0.15) is 52.4 Å². The molecule has 7 nitrogen and oxygen atoms in total. The van der Waals surface area contributed by atoms with Crippen molar-refractivity contribution in [3.8, 4) is 11.8 Å². The van der Waals surface area contributed by atoms with Gasteiger partial charge >= 0.3 is 0 Å². The second-order valence-corrected chi connectivity index (χ2v) is 7.73. The first kappa shape index (κ1) is 24.0. The number of unbranched alkanes of at least 4 members (excludes halogenated alkanes) is 1. The second-order valence-electron chi connectivity index (χ2n) is 7.38. The van der Waals surface area contributed by atoms with Crippen LogP contribution in [0.5, 0.6) is 5.75 Å². The van der Waals surface area contributed by atoms with E-state index in [4.69, 9.17) is 25.7 Å². The first-order chi connectivity index (χ1) is 16.0. The van der Waals surface area contributed by atoms with Crippen LogP contribution in [0.2, 0.25) is 0 Å². The predicted molar refractivity (Wildman–Crippen MR) is 127 cm³/mol. The van der Waals surface area contributed by atoms with E-state index >= 15 is 0 Å². The van der Waals surface area contributed by atoms with E-state index in [1.807, 2.05) is 37.3 Å². The number of methoxy groups -OCH3 is 1. The summed E-state index contributed by atoms with van der Waals surface area (Å²) in [5, 5.41) is 17.3. The van der Waals surface area contributed by atoms with E-state index in [0.29, 0.717) is 35.0 Å². The number of nitrogens with zero attached hydrogens (tertiary/aromatic N) is 4. The molecule has 1 aromatic heterocycles. The van der Waals surface area contributed by atoms with Crippen molar-refractivity contribution in [2.45, 2.75) is 33.1 Å². The van der Waals surface area contributed by atoms with Gasteiger partial charge in [0.1, 0.15) is 12.9 Å². The zero-order valence-electron chi connectivity index (χ0n) is 19.1. The molecule has 0 unspecified atom stereocenters. The van der Waals surface area contributed by atoms with Crippen molar-refractivity contribution in [3.05, 3.63) is 82.0 Å². The van der Waals surface area contributed by atoms with Crippen LogP contribution in [0.25, 0.3) is 5.57 Å². The third-order valence-electron chi connectivity index (χ3n) is 5.00. The van der Waals surface area contributed by atoms with Gasteiger partial charge in [-0.1, -0.05) is 40.1 Å². The van der Waals surface area contributed by atoms with Crippen LogP contribution in [-0.4, -0.2) is 29.5 Å². The van der Waals surface area contributed by atoms with E-state index < -0.39 is 0 Å². The third kappa shape index (κ3) is 5.99. The maximum absolute atomic E-state index is 9.39. The van der Waals surface area contributed by atoms with Gasteiger partial charge in [-0.2, -0.15) is 10.2 Å². The van der Waals surface area contributed by atoms with Crippen molar-refractivity contribution in [1.82, 2.24) is 10.1 Å². The van der Waals surface area contributed by atoms with Gasteiger partial charge in [-0.25, -0.2) is 0 Å². The van der Waals surface area contributed by atoms with Gasteiger partial charge in [0.15, 0.2) is 11.0 Å². The molecule has 0 aliphatic heterocycles. The normalized spacial score (nSPS) is 11.9. The van der Waals surface area contributed by atoms with Crippen LogP contribution >= 0.6 is 11.6 Å². The van der Waals surface area contributed by atoms with Gasteiger partial charge in [0.25, 0.3) is 0 Å². The largest absolute Gasteiger partial charge is 0.496 e. The molecule has 3 rings (SSSR count). The number of ether oxygens (including phenoxy) is 1. The van der Waals surface area contributed by atoms with E-state index in [0.717, 1.165) is 35.1 Å². The van der Waals surface area contributed by atoms with Crippen molar-refractivity contribution in [1.29, 1.82) is 5.26 Å². The Morgan fingerprint density at radius 1 is 1.21 bits per heavy atom. The van der Waals surface area contributed by atoms with Crippen LogP contribution in [0.4, 0.5) is 0 Å². The van der Waals surface area contributed by atoms with Gasteiger partial charge in [0.05, 0.1) is 24.3 Å². The molecule has 0 bridgehead atoms. The van der Waals surface area contributed by atoms with E-state index in [-0.39, 0.29) is 5.17 Å². The smallest absolute Gasteiger partial charge is 0.226 e. The van der Waals surface area contributed by atoms with E-state index in [1.54, 1.807) is 20.1 Å². The number of rotatable bonds is 9. The Morgan fingerprint density at radius 2 is 2.03 bits per heavy atom. The molecule has 0 N–H and O–H groups in total. The monoisotopic (exact) mass is 464 g/mol. The number of benzene rings is 2. The van der Waals surface area contributed by atoms with Gasteiger partial charge in [0, 0.05) is 6.42 Å². The van der Waals surface area contributed by atoms with Gasteiger partial charge in [0.2, 0.25) is 5.89 Å².